The highest BCUT2D eigenvalue weighted by molar-refractivity contribution is 7.91. The van der Waals surface area contributed by atoms with Crippen LogP contribution in [0.3, 0.4) is 0 Å². The fourth-order valence-corrected chi connectivity index (χ4v) is 4.91. The first kappa shape index (κ1) is 17.6. The van der Waals surface area contributed by atoms with Crippen LogP contribution in [0.25, 0.3) is 6.08 Å². The van der Waals surface area contributed by atoms with Crippen LogP contribution < -0.4 is 0 Å². The summed E-state index contributed by atoms with van der Waals surface area (Å²) < 4.78 is 25.2. The van der Waals surface area contributed by atoms with Crippen molar-refractivity contribution >= 4 is 21.7 Å². The minimum absolute atomic E-state index is 0.0602. The van der Waals surface area contributed by atoms with Crippen LogP contribution >= 0.6 is 0 Å². The summed E-state index contributed by atoms with van der Waals surface area (Å²) in [6, 6.07) is 7.34. The van der Waals surface area contributed by atoms with Crippen LogP contribution in [0.15, 0.2) is 30.3 Å². The third-order valence-corrected chi connectivity index (χ3v) is 6.42. The van der Waals surface area contributed by atoms with Gasteiger partial charge in [-0.3, -0.25) is 9.48 Å². The molecule has 0 saturated carbocycles. The number of carbonyl (C=O) groups is 1. The second-order valence-corrected chi connectivity index (χ2v) is 8.88. The van der Waals surface area contributed by atoms with Gasteiger partial charge in [0, 0.05) is 16.8 Å². The number of hydrogen-bond acceptors (Lipinski definition) is 4. The van der Waals surface area contributed by atoms with Gasteiger partial charge in [0.15, 0.2) is 15.6 Å². The highest BCUT2D eigenvalue weighted by Gasteiger charge is 2.31. The first-order valence-electron chi connectivity index (χ1n) is 8.32. The Bertz CT molecular complexity index is 938. The zero-order valence-corrected chi connectivity index (χ0v) is 15.5. The summed E-state index contributed by atoms with van der Waals surface area (Å²) in [7, 11) is -2.96. The van der Waals surface area contributed by atoms with Crippen LogP contribution in [-0.2, 0) is 9.84 Å². The molecule has 1 aliphatic heterocycles. The van der Waals surface area contributed by atoms with Gasteiger partial charge in [-0.1, -0.05) is 29.8 Å². The van der Waals surface area contributed by atoms with Crippen LogP contribution in [0.2, 0.25) is 0 Å². The van der Waals surface area contributed by atoms with Crippen LogP contribution in [-0.4, -0.2) is 35.5 Å². The SMILES string of the molecule is Cc1ccc(C(=O)/C=C/c2c(C)nn([C@H]3CCS(=O)(=O)C3)c2C)cc1. The van der Waals surface area contributed by atoms with E-state index < -0.39 is 9.84 Å². The van der Waals surface area contributed by atoms with Gasteiger partial charge in [-0.25, -0.2) is 8.42 Å². The summed E-state index contributed by atoms with van der Waals surface area (Å²) in [5, 5.41) is 4.51. The molecule has 1 atom stereocenters. The number of allylic oxidation sites excluding steroid dienone is 1. The predicted octanol–water partition coefficient (Wildman–Crippen LogP) is 3.06. The molecule has 2 heterocycles. The number of nitrogens with zero attached hydrogens (tertiary/aromatic N) is 2. The highest BCUT2D eigenvalue weighted by Crippen LogP contribution is 2.27. The van der Waals surface area contributed by atoms with E-state index in [1.165, 1.54) is 0 Å². The zero-order chi connectivity index (χ0) is 18.2. The number of aromatic nitrogens is 2. The molecule has 1 aliphatic rings. The van der Waals surface area contributed by atoms with Gasteiger partial charge in [0.2, 0.25) is 0 Å². The molecule has 0 amide bonds. The van der Waals surface area contributed by atoms with Gasteiger partial charge in [-0.2, -0.15) is 5.10 Å². The quantitative estimate of drug-likeness (QED) is 0.622. The number of sulfone groups is 1. The molecule has 1 fully saturated rings. The Balaban J connectivity index is 1.83. The van der Waals surface area contributed by atoms with Gasteiger partial charge in [-0.05, 0) is 39.3 Å². The normalized spacial score (nSPS) is 19.6. The smallest absolute Gasteiger partial charge is 0.185 e. The Morgan fingerprint density at radius 2 is 1.88 bits per heavy atom. The molecule has 3 rings (SSSR count). The van der Waals surface area contributed by atoms with Crippen molar-refractivity contribution in [3.8, 4) is 0 Å². The van der Waals surface area contributed by atoms with E-state index in [0.29, 0.717) is 12.0 Å². The summed E-state index contributed by atoms with van der Waals surface area (Å²) in [5.41, 5.74) is 4.33. The van der Waals surface area contributed by atoms with Crippen molar-refractivity contribution in [1.29, 1.82) is 0 Å². The number of rotatable bonds is 4. The average Bonchev–Trinajstić information content (AvgIpc) is 3.05. The number of ketones is 1. The molecule has 25 heavy (non-hydrogen) atoms. The molecule has 0 unspecified atom stereocenters. The lowest BCUT2D eigenvalue weighted by Gasteiger charge is -2.10. The molecule has 0 radical (unpaired) electrons. The van der Waals surface area contributed by atoms with E-state index in [9.17, 15) is 13.2 Å². The first-order chi connectivity index (χ1) is 11.8. The molecule has 0 spiro atoms. The largest absolute Gasteiger partial charge is 0.289 e. The van der Waals surface area contributed by atoms with Gasteiger partial charge in [-0.15, -0.1) is 0 Å². The minimum Gasteiger partial charge on any atom is -0.289 e. The summed E-state index contributed by atoms with van der Waals surface area (Å²) in [4.78, 5) is 12.3. The summed E-state index contributed by atoms with van der Waals surface area (Å²) >= 11 is 0. The maximum absolute atomic E-state index is 12.3. The van der Waals surface area contributed by atoms with E-state index in [0.717, 1.165) is 22.5 Å². The van der Waals surface area contributed by atoms with Crippen molar-refractivity contribution in [3.05, 3.63) is 58.4 Å². The fraction of sp³-hybridized carbons (Fsp3) is 0.368. The Morgan fingerprint density at radius 1 is 1.20 bits per heavy atom. The molecule has 132 valence electrons. The van der Waals surface area contributed by atoms with Crippen molar-refractivity contribution in [2.45, 2.75) is 33.2 Å². The monoisotopic (exact) mass is 358 g/mol. The van der Waals surface area contributed by atoms with Crippen LogP contribution in [0.5, 0.6) is 0 Å². The molecule has 1 saturated heterocycles. The Morgan fingerprint density at radius 3 is 2.48 bits per heavy atom. The maximum Gasteiger partial charge on any atom is 0.185 e. The standard InChI is InChI=1S/C19H22N2O3S/c1-13-4-6-16(7-5-13)19(22)9-8-18-14(2)20-21(15(18)3)17-10-11-25(23,24)12-17/h4-9,17H,10-12H2,1-3H3/b9-8+/t17-/m0/s1. The lowest BCUT2D eigenvalue weighted by Crippen LogP contribution is -2.13. The maximum atomic E-state index is 12.3. The van der Waals surface area contributed by atoms with Crippen molar-refractivity contribution in [1.82, 2.24) is 9.78 Å². The Labute approximate surface area is 148 Å². The number of aryl methyl sites for hydroxylation is 2. The third kappa shape index (κ3) is 3.74. The topological polar surface area (TPSA) is 69.0 Å². The Hall–Kier alpha value is -2.21. The molecule has 0 bridgehead atoms. The van der Waals surface area contributed by atoms with Crippen molar-refractivity contribution in [2.24, 2.45) is 0 Å². The van der Waals surface area contributed by atoms with Crippen molar-refractivity contribution in [2.75, 3.05) is 11.5 Å². The molecule has 0 aliphatic carbocycles. The third-order valence-electron chi connectivity index (χ3n) is 4.67. The van der Waals surface area contributed by atoms with Crippen molar-refractivity contribution < 1.29 is 13.2 Å². The lowest BCUT2D eigenvalue weighted by molar-refractivity contribution is 0.104. The van der Waals surface area contributed by atoms with Gasteiger partial charge < -0.3 is 0 Å². The van der Waals surface area contributed by atoms with E-state index in [2.05, 4.69) is 5.10 Å². The number of hydrogen-bond donors (Lipinski definition) is 0. The Kier molecular flexibility index (Phi) is 4.64. The van der Waals surface area contributed by atoms with Crippen molar-refractivity contribution in [3.63, 3.8) is 0 Å². The van der Waals surface area contributed by atoms with Crippen LogP contribution in [0, 0.1) is 20.8 Å². The molecule has 1 aromatic carbocycles. The van der Waals surface area contributed by atoms with Gasteiger partial charge in [0.1, 0.15) is 0 Å². The van der Waals surface area contributed by atoms with E-state index >= 15 is 0 Å². The number of benzene rings is 1. The molecule has 5 nitrogen and oxygen atoms in total. The van der Waals surface area contributed by atoms with E-state index in [4.69, 9.17) is 0 Å². The van der Waals surface area contributed by atoms with Gasteiger partial charge >= 0.3 is 0 Å². The summed E-state index contributed by atoms with van der Waals surface area (Å²) in [6.07, 6.45) is 3.92. The average molecular weight is 358 g/mol. The molecule has 2 aromatic rings. The molecule has 0 N–H and O–H groups in total. The van der Waals surface area contributed by atoms with Crippen LogP contribution in [0.4, 0.5) is 0 Å². The molecular formula is C19H22N2O3S. The first-order valence-corrected chi connectivity index (χ1v) is 10.1. The van der Waals surface area contributed by atoms with E-state index in [1.54, 1.807) is 16.8 Å². The van der Waals surface area contributed by atoms with E-state index in [-0.39, 0.29) is 23.3 Å². The second-order valence-electron chi connectivity index (χ2n) is 6.65. The molecular weight excluding hydrogens is 336 g/mol. The van der Waals surface area contributed by atoms with Gasteiger partial charge in [0.05, 0.1) is 23.2 Å². The molecule has 1 aromatic heterocycles. The fourth-order valence-electron chi connectivity index (χ4n) is 3.21. The minimum atomic E-state index is -2.96. The summed E-state index contributed by atoms with van der Waals surface area (Å²) in [6.45, 7) is 5.78. The summed E-state index contributed by atoms with van der Waals surface area (Å²) in [5.74, 6) is 0.294. The second kappa shape index (κ2) is 6.59. The van der Waals surface area contributed by atoms with Crippen LogP contribution in [0.1, 0.15) is 45.3 Å². The molecule has 6 heteroatoms. The number of carbonyl (C=O) groups excluding carboxylic acids is 1. The van der Waals surface area contributed by atoms with E-state index in [1.807, 2.05) is 45.0 Å². The predicted molar refractivity (Wildman–Crippen MR) is 98.6 cm³/mol. The lowest BCUT2D eigenvalue weighted by atomic mass is 10.1. The highest BCUT2D eigenvalue weighted by atomic mass is 32.2. The zero-order valence-electron chi connectivity index (χ0n) is 14.7. The van der Waals surface area contributed by atoms with Gasteiger partial charge in [0.25, 0.3) is 0 Å².